The molecule has 2 aromatic heterocycles. The first kappa shape index (κ1) is 24.9. The van der Waals surface area contributed by atoms with Crippen LogP contribution in [0.5, 0.6) is 0 Å². The van der Waals surface area contributed by atoms with Gasteiger partial charge in [0.05, 0.1) is 17.3 Å². The molecule has 0 saturated carbocycles. The zero-order valence-corrected chi connectivity index (χ0v) is 19.6. The number of nitrogens with zero attached hydrogens (tertiary/aromatic N) is 5. The van der Waals surface area contributed by atoms with Crippen LogP contribution < -0.4 is 10.6 Å². The van der Waals surface area contributed by atoms with E-state index in [9.17, 15) is 27.6 Å². The number of carbonyl (C=O) groups excluding carboxylic acids is 3. The molecule has 1 unspecified atom stereocenters. The summed E-state index contributed by atoms with van der Waals surface area (Å²) in [5.74, 6) is -1.10. The third kappa shape index (κ3) is 4.10. The largest absolute Gasteiger partial charge is 0.466 e. The number of rotatable bonds is 5. The lowest BCUT2D eigenvalue weighted by Crippen LogP contribution is -2.69. The Hall–Kier alpha value is -4.16. The monoisotopic (exact) mass is 504 g/mol. The molecule has 1 fully saturated rings. The van der Waals surface area contributed by atoms with Crippen molar-refractivity contribution in [2.45, 2.75) is 38.5 Å². The van der Waals surface area contributed by atoms with Gasteiger partial charge < -0.3 is 20.3 Å². The van der Waals surface area contributed by atoms with Crippen LogP contribution in [-0.4, -0.2) is 62.5 Å². The van der Waals surface area contributed by atoms with Gasteiger partial charge in [-0.25, -0.2) is 9.50 Å². The molecule has 0 aliphatic carbocycles. The minimum absolute atomic E-state index is 0.0855. The van der Waals surface area contributed by atoms with Crippen molar-refractivity contribution < 1.29 is 32.3 Å². The maximum atomic E-state index is 13.8. The second-order valence-corrected chi connectivity index (χ2v) is 8.84. The van der Waals surface area contributed by atoms with Crippen LogP contribution in [0, 0.1) is 0 Å². The number of aromatic nitrogens is 3. The van der Waals surface area contributed by atoms with Crippen molar-refractivity contribution in [3.63, 3.8) is 0 Å². The molecule has 1 aliphatic rings. The summed E-state index contributed by atoms with van der Waals surface area (Å²) in [6.07, 6.45) is -3.66. The second kappa shape index (κ2) is 8.81. The fourth-order valence-corrected chi connectivity index (χ4v) is 4.53. The minimum Gasteiger partial charge on any atom is -0.466 e. The summed E-state index contributed by atoms with van der Waals surface area (Å²) in [6.45, 7) is 4.68. The summed E-state index contributed by atoms with van der Waals surface area (Å²) in [7, 11) is 0. The highest BCUT2D eigenvalue weighted by molar-refractivity contribution is 6.03. The van der Waals surface area contributed by atoms with Gasteiger partial charge in [-0.05, 0) is 32.0 Å². The van der Waals surface area contributed by atoms with Crippen LogP contribution in [0.15, 0.2) is 36.7 Å². The lowest BCUT2D eigenvalue weighted by molar-refractivity contribution is -0.148. The Kier molecular flexibility index (Phi) is 6.10. The van der Waals surface area contributed by atoms with Crippen LogP contribution in [0.2, 0.25) is 0 Å². The summed E-state index contributed by atoms with van der Waals surface area (Å²) in [4.78, 5) is 43.1. The van der Waals surface area contributed by atoms with Crippen molar-refractivity contribution in [3.8, 4) is 11.3 Å². The number of halogens is 3. The van der Waals surface area contributed by atoms with Gasteiger partial charge in [0.15, 0.2) is 5.82 Å². The number of benzene rings is 1. The average molecular weight is 504 g/mol. The molecule has 10 nitrogen and oxygen atoms in total. The van der Waals surface area contributed by atoms with E-state index in [4.69, 9.17) is 10.5 Å². The van der Waals surface area contributed by atoms with E-state index in [0.717, 1.165) is 16.9 Å². The predicted octanol–water partition coefficient (Wildman–Crippen LogP) is 2.51. The molecule has 13 heteroatoms. The normalized spacial score (nSPS) is 17.9. The van der Waals surface area contributed by atoms with E-state index >= 15 is 0 Å². The highest BCUT2D eigenvalue weighted by atomic mass is 19.4. The highest BCUT2D eigenvalue weighted by Crippen LogP contribution is 2.39. The fraction of sp³-hybridized carbons (Fsp3) is 0.348. The van der Waals surface area contributed by atoms with Crippen LogP contribution in [-0.2, 0) is 25.3 Å². The van der Waals surface area contributed by atoms with E-state index in [0.29, 0.717) is 11.3 Å². The van der Waals surface area contributed by atoms with E-state index < -0.39 is 29.2 Å². The van der Waals surface area contributed by atoms with Gasteiger partial charge in [-0.3, -0.25) is 14.4 Å². The van der Waals surface area contributed by atoms with Crippen molar-refractivity contribution in [3.05, 3.63) is 42.2 Å². The topological polar surface area (TPSA) is 123 Å². The number of nitrogens with two attached hydrogens (primary N) is 1. The smallest absolute Gasteiger partial charge is 0.418 e. The molecule has 0 radical (unpaired) electrons. The van der Waals surface area contributed by atoms with E-state index in [1.807, 2.05) is 0 Å². The summed E-state index contributed by atoms with van der Waals surface area (Å²) in [5, 5.41) is 3.96. The molecule has 2 amide bonds. The lowest BCUT2D eigenvalue weighted by Gasteiger charge is -2.49. The molecule has 0 bridgehead atoms. The van der Waals surface area contributed by atoms with Gasteiger partial charge in [0, 0.05) is 24.7 Å². The molecular formula is C23H23F3N6O4. The Labute approximate surface area is 203 Å². The van der Waals surface area contributed by atoms with Crippen molar-refractivity contribution in [1.29, 1.82) is 0 Å². The minimum atomic E-state index is -4.71. The summed E-state index contributed by atoms with van der Waals surface area (Å²) in [5.41, 5.74) is 3.91. The molecular weight excluding hydrogens is 481 g/mol. The number of carbonyl (C=O) groups is 3. The van der Waals surface area contributed by atoms with E-state index in [1.54, 1.807) is 32.0 Å². The van der Waals surface area contributed by atoms with Crippen LogP contribution in [0.3, 0.4) is 0 Å². The van der Waals surface area contributed by atoms with Gasteiger partial charge in [0.1, 0.15) is 24.0 Å². The van der Waals surface area contributed by atoms with E-state index in [-0.39, 0.29) is 42.6 Å². The molecule has 190 valence electrons. The Balaban J connectivity index is 1.85. The molecule has 36 heavy (non-hydrogen) atoms. The Morgan fingerprint density at radius 1 is 1.31 bits per heavy atom. The Morgan fingerprint density at radius 2 is 2.03 bits per heavy atom. The predicted molar refractivity (Wildman–Crippen MR) is 123 cm³/mol. The first-order valence-corrected chi connectivity index (χ1v) is 10.8. The van der Waals surface area contributed by atoms with Gasteiger partial charge in [0.25, 0.3) is 12.4 Å². The number of nitrogen functional groups attached to an aromatic ring is 1. The molecule has 1 saturated heterocycles. The summed E-state index contributed by atoms with van der Waals surface area (Å²) in [6, 6.07) is 6.50. The molecule has 1 atom stereocenters. The Morgan fingerprint density at radius 3 is 2.67 bits per heavy atom. The van der Waals surface area contributed by atoms with E-state index in [2.05, 4.69) is 10.1 Å². The van der Waals surface area contributed by atoms with Gasteiger partial charge in [-0.15, -0.1) is 0 Å². The average Bonchev–Trinajstić information content (AvgIpc) is 3.21. The summed E-state index contributed by atoms with van der Waals surface area (Å²) >= 11 is 0. The number of hydrogen-bond donors (Lipinski definition) is 1. The fourth-order valence-electron chi connectivity index (χ4n) is 4.53. The number of fused-ring (bicyclic) bond motifs is 1. The quantitative estimate of drug-likeness (QED) is 0.530. The second-order valence-electron chi connectivity index (χ2n) is 8.84. The maximum absolute atomic E-state index is 13.8. The van der Waals surface area contributed by atoms with Crippen molar-refractivity contribution >= 4 is 35.3 Å². The van der Waals surface area contributed by atoms with Crippen molar-refractivity contribution in [2.75, 3.05) is 23.8 Å². The van der Waals surface area contributed by atoms with Gasteiger partial charge in [-0.1, -0.05) is 12.1 Å². The first-order valence-electron chi connectivity index (χ1n) is 10.8. The third-order valence-corrected chi connectivity index (χ3v) is 6.22. The summed E-state index contributed by atoms with van der Waals surface area (Å²) < 4.78 is 47.2. The van der Waals surface area contributed by atoms with Crippen molar-refractivity contribution in [1.82, 2.24) is 19.5 Å². The third-order valence-electron chi connectivity index (χ3n) is 6.22. The van der Waals surface area contributed by atoms with Crippen LogP contribution in [0.1, 0.15) is 26.3 Å². The molecule has 1 aliphatic heterocycles. The SMILES string of the molecule is CC(=O)N1CC(COC=O)N(c2cccc(-c3cc(C(F)(F)F)c4c(N)ncnn34)c2)C(=O)C1(C)C. The highest BCUT2D eigenvalue weighted by Gasteiger charge is 2.48. The number of ether oxygens (including phenoxy) is 1. The number of hydrogen-bond acceptors (Lipinski definition) is 7. The van der Waals surface area contributed by atoms with Crippen LogP contribution in [0.25, 0.3) is 16.8 Å². The Bertz CT molecular complexity index is 1350. The van der Waals surface area contributed by atoms with Gasteiger partial charge in [-0.2, -0.15) is 18.3 Å². The van der Waals surface area contributed by atoms with Crippen LogP contribution >= 0.6 is 0 Å². The molecule has 4 rings (SSSR count). The molecule has 3 heterocycles. The van der Waals surface area contributed by atoms with Gasteiger partial charge >= 0.3 is 6.18 Å². The van der Waals surface area contributed by atoms with Crippen molar-refractivity contribution in [2.24, 2.45) is 0 Å². The molecule has 2 N–H and O–H groups in total. The van der Waals surface area contributed by atoms with Crippen LogP contribution in [0.4, 0.5) is 24.7 Å². The molecule has 0 spiro atoms. The standard InChI is InChI=1S/C23H23F3N6O4/c1-13(34)30-9-16(10-36-12-33)31(21(35)22(30,2)3)15-6-4-5-14(7-15)18-8-17(23(24,25)26)19-20(27)28-11-29-32(18)19/h4-8,11-12,16H,9-10H2,1-3H3,(H2,27,28,29). The number of anilines is 2. The van der Waals surface area contributed by atoms with Gasteiger partial charge in [0.2, 0.25) is 5.91 Å². The number of amides is 2. The molecule has 3 aromatic rings. The number of alkyl halides is 3. The van der Waals surface area contributed by atoms with E-state index in [1.165, 1.54) is 22.8 Å². The maximum Gasteiger partial charge on any atom is 0.418 e. The lowest BCUT2D eigenvalue weighted by atomic mass is 9.93. The zero-order chi connectivity index (χ0) is 26.4. The number of piperazine rings is 1. The zero-order valence-electron chi connectivity index (χ0n) is 19.6. The first-order chi connectivity index (χ1) is 16.9. The molecule has 1 aromatic carbocycles.